The third kappa shape index (κ3) is 4.50. The van der Waals surface area contributed by atoms with Gasteiger partial charge in [-0.05, 0) is 24.3 Å². The molecule has 0 aliphatic carbocycles. The van der Waals surface area contributed by atoms with Gasteiger partial charge in [-0.25, -0.2) is 4.98 Å². The second-order valence-corrected chi connectivity index (χ2v) is 5.55. The van der Waals surface area contributed by atoms with Crippen LogP contribution in [-0.2, 0) is 11.2 Å². The Labute approximate surface area is 146 Å². The molecule has 0 atom stereocenters. The van der Waals surface area contributed by atoms with Crippen molar-refractivity contribution in [3.63, 3.8) is 0 Å². The third-order valence-electron chi connectivity index (χ3n) is 3.78. The predicted octanol–water partition coefficient (Wildman–Crippen LogP) is 2.70. The Bertz CT molecular complexity index is 812. The van der Waals surface area contributed by atoms with Crippen LogP contribution in [-0.4, -0.2) is 36.1 Å². The highest BCUT2D eigenvalue weighted by Crippen LogP contribution is 2.25. The van der Waals surface area contributed by atoms with Gasteiger partial charge in [0, 0.05) is 12.8 Å². The molecule has 6 heteroatoms. The van der Waals surface area contributed by atoms with Crippen molar-refractivity contribution >= 4 is 16.9 Å². The van der Waals surface area contributed by atoms with Gasteiger partial charge in [0.25, 0.3) is 0 Å². The molecule has 0 saturated heterocycles. The minimum atomic E-state index is -0.0240. The molecule has 25 heavy (non-hydrogen) atoms. The summed E-state index contributed by atoms with van der Waals surface area (Å²) in [5.74, 6) is 2.14. The normalized spacial score (nSPS) is 10.6. The fraction of sp³-hybridized carbons (Fsp3) is 0.263. The molecular formula is C19H21N3O3. The number of benzene rings is 2. The number of para-hydroxylation sites is 4. The Morgan fingerprint density at radius 1 is 1.12 bits per heavy atom. The molecular weight excluding hydrogens is 318 g/mol. The van der Waals surface area contributed by atoms with Crippen LogP contribution in [0.1, 0.15) is 12.2 Å². The zero-order valence-corrected chi connectivity index (χ0v) is 14.1. The van der Waals surface area contributed by atoms with E-state index in [9.17, 15) is 4.79 Å². The molecule has 0 unspecified atom stereocenters. The molecule has 0 spiro atoms. The maximum absolute atomic E-state index is 11.9. The maximum Gasteiger partial charge on any atom is 0.220 e. The van der Waals surface area contributed by atoms with Crippen molar-refractivity contribution in [2.24, 2.45) is 0 Å². The van der Waals surface area contributed by atoms with Gasteiger partial charge in [0.15, 0.2) is 11.5 Å². The smallest absolute Gasteiger partial charge is 0.220 e. The second kappa shape index (κ2) is 8.19. The van der Waals surface area contributed by atoms with Crippen molar-refractivity contribution in [2.45, 2.75) is 12.8 Å². The standard InChI is InChI=1S/C19H21N3O3/c1-24-16-8-4-5-9-17(16)25-13-12-20-19(23)11-10-18-21-14-6-2-3-7-15(14)22-18/h2-9H,10-13H2,1H3,(H,20,23)(H,21,22). The van der Waals surface area contributed by atoms with Crippen LogP contribution in [0.2, 0.25) is 0 Å². The molecule has 0 saturated carbocycles. The first-order valence-electron chi connectivity index (χ1n) is 8.22. The van der Waals surface area contributed by atoms with Gasteiger partial charge >= 0.3 is 0 Å². The van der Waals surface area contributed by atoms with Crippen molar-refractivity contribution in [1.29, 1.82) is 0 Å². The van der Waals surface area contributed by atoms with Crippen LogP contribution >= 0.6 is 0 Å². The van der Waals surface area contributed by atoms with Crippen molar-refractivity contribution < 1.29 is 14.3 Å². The molecule has 3 rings (SSSR count). The number of imidazole rings is 1. The molecule has 0 radical (unpaired) electrons. The molecule has 1 heterocycles. The number of H-pyrrole nitrogens is 1. The number of carbonyl (C=O) groups is 1. The zero-order valence-electron chi connectivity index (χ0n) is 14.1. The number of methoxy groups -OCH3 is 1. The summed E-state index contributed by atoms with van der Waals surface area (Å²) in [6, 6.07) is 15.3. The summed E-state index contributed by atoms with van der Waals surface area (Å²) < 4.78 is 10.8. The zero-order chi connectivity index (χ0) is 17.5. The first kappa shape index (κ1) is 16.8. The van der Waals surface area contributed by atoms with Crippen LogP contribution in [0.4, 0.5) is 0 Å². The van der Waals surface area contributed by atoms with Gasteiger partial charge < -0.3 is 19.8 Å². The van der Waals surface area contributed by atoms with Crippen molar-refractivity contribution in [3.8, 4) is 11.5 Å². The molecule has 0 bridgehead atoms. The van der Waals surface area contributed by atoms with E-state index in [-0.39, 0.29) is 5.91 Å². The van der Waals surface area contributed by atoms with E-state index in [1.807, 2.05) is 48.5 Å². The van der Waals surface area contributed by atoms with Crippen molar-refractivity contribution in [3.05, 3.63) is 54.4 Å². The molecule has 1 aromatic heterocycles. The van der Waals surface area contributed by atoms with Crippen molar-refractivity contribution in [1.82, 2.24) is 15.3 Å². The van der Waals surface area contributed by atoms with E-state index in [0.717, 1.165) is 16.9 Å². The van der Waals surface area contributed by atoms with Crippen LogP contribution in [0.3, 0.4) is 0 Å². The number of hydrogen-bond donors (Lipinski definition) is 2. The minimum absolute atomic E-state index is 0.0240. The number of aromatic amines is 1. The van der Waals surface area contributed by atoms with Crippen LogP contribution in [0.25, 0.3) is 11.0 Å². The van der Waals surface area contributed by atoms with E-state index in [4.69, 9.17) is 9.47 Å². The van der Waals surface area contributed by atoms with Gasteiger partial charge in [0.05, 0.1) is 24.7 Å². The average molecular weight is 339 g/mol. The van der Waals surface area contributed by atoms with Gasteiger partial charge in [-0.1, -0.05) is 24.3 Å². The fourth-order valence-electron chi connectivity index (χ4n) is 2.53. The Hall–Kier alpha value is -3.02. The number of hydrogen-bond acceptors (Lipinski definition) is 4. The maximum atomic E-state index is 11.9. The van der Waals surface area contributed by atoms with Crippen LogP contribution in [0, 0.1) is 0 Å². The van der Waals surface area contributed by atoms with Gasteiger partial charge in [-0.3, -0.25) is 4.79 Å². The molecule has 0 aliphatic heterocycles. The summed E-state index contributed by atoms with van der Waals surface area (Å²) in [5, 5.41) is 2.85. The van der Waals surface area contributed by atoms with Crippen LogP contribution in [0.5, 0.6) is 11.5 Å². The fourth-order valence-corrected chi connectivity index (χ4v) is 2.53. The Kier molecular flexibility index (Phi) is 5.51. The van der Waals surface area contributed by atoms with Gasteiger partial charge in [-0.2, -0.15) is 0 Å². The Morgan fingerprint density at radius 3 is 2.68 bits per heavy atom. The lowest BCUT2D eigenvalue weighted by molar-refractivity contribution is -0.121. The highest BCUT2D eigenvalue weighted by atomic mass is 16.5. The van der Waals surface area contributed by atoms with E-state index < -0.39 is 0 Å². The number of amides is 1. The lowest BCUT2D eigenvalue weighted by Gasteiger charge is -2.10. The highest BCUT2D eigenvalue weighted by Gasteiger charge is 2.07. The molecule has 0 aliphatic rings. The topological polar surface area (TPSA) is 76.2 Å². The number of ether oxygens (including phenoxy) is 2. The van der Waals surface area contributed by atoms with E-state index in [0.29, 0.717) is 37.5 Å². The number of aromatic nitrogens is 2. The summed E-state index contributed by atoms with van der Waals surface area (Å²) in [5.41, 5.74) is 1.91. The molecule has 130 valence electrons. The first-order chi connectivity index (χ1) is 12.3. The number of carbonyl (C=O) groups excluding carboxylic acids is 1. The molecule has 3 aromatic rings. The van der Waals surface area contributed by atoms with E-state index in [2.05, 4.69) is 15.3 Å². The largest absolute Gasteiger partial charge is 0.493 e. The molecule has 0 fully saturated rings. The molecule has 6 nitrogen and oxygen atoms in total. The molecule has 2 aromatic carbocycles. The minimum Gasteiger partial charge on any atom is -0.493 e. The van der Waals surface area contributed by atoms with Crippen molar-refractivity contribution in [2.75, 3.05) is 20.3 Å². The summed E-state index contributed by atoms with van der Waals surface area (Å²) in [7, 11) is 1.60. The first-order valence-corrected chi connectivity index (χ1v) is 8.22. The summed E-state index contributed by atoms with van der Waals surface area (Å²) >= 11 is 0. The third-order valence-corrected chi connectivity index (χ3v) is 3.78. The molecule has 1 amide bonds. The Morgan fingerprint density at radius 2 is 1.88 bits per heavy atom. The summed E-state index contributed by atoms with van der Waals surface area (Å²) in [6.45, 7) is 0.827. The summed E-state index contributed by atoms with van der Waals surface area (Å²) in [4.78, 5) is 19.6. The lowest BCUT2D eigenvalue weighted by Crippen LogP contribution is -2.28. The van der Waals surface area contributed by atoms with Crippen LogP contribution in [0.15, 0.2) is 48.5 Å². The van der Waals surface area contributed by atoms with Gasteiger partial charge in [-0.15, -0.1) is 0 Å². The number of aryl methyl sites for hydroxylation is 1. The Balaban J connectivity index is 1.39. The van der Waals surface area contributed by atoms with E-state index in [1.165, 1.54) is 0 Å². The predicted molar refractivity (Wildman–Crippen MR) is 95.9 cm³/mol. The monoisotopic (exact) mass is 339 g/mol. The number of fused-ring (bicyclic) bond motifs is 1. The lowest BCUT2D eigenvalue weighted by atomic mass is 10.3. The van der Waals surface area contributed by atoms with Gasteiger partial charge in [0.2, 0.25) is 5.91 Å². The quantitative estimate of drug-likeness (QED) is 0.619. The summed E-state index contributed by atoms with van der Waals surface area (Å²) in [6.07, 6.45) is 0.961. The number of nitrogens with zero attached hydrogens (tertiary/aromatic N) is 1. The van der Waals surface area contributed by atoms with Gasteiger partial charge in [0.1, 0.15) is 12.4 Å². The average Bonchev–Trinajstić information content (AvgIpc) is 3.07. The number of rotatable bonds is 8. The van der Waals surface area contributed by atoms with E-state index >= 15 is 0 Å². The van der Waals surface area contributed by atoms with E-state index in [1.54, 1.807) is 7.11 Å². The second-order valence-electron chi connectivity index (χ2n) is 5.55. The SMILES string of the molecule is COc1ccccc1OCCNC(=O)CCc1nc2ccccc2[nH]1. The molecule has 2 N–H and O–H groups in total. The highest BCUT2D eigenvalue weighted by molar-refractivity contribution is 5.77. The number of nitrogens with one attached hydrogen (secondary N) is 2. The van der Waals surface area contributed by atoms with Crippen LogP contribution < -0.4 is 14.8 Å².